The SMILES string of the molecule is CCc1cccc2c1N=C/C2=C/c1[nH]c(=S)n(C)c1O. The zero-order valence-electron chi connectivity index (χ0n) is 11.3. The molecule has 102 valence electrons. The average Bonchev–Trinajstić information content (AvgIpc) is 2.97. The molecule has 20 heavy (non-hydrogen) atoms. The molecule has 1 aromatic carbocycles. The number of aromatic hydroxyl groups is 1. The first-order chi connectivity index (χ1) is 9.61. The predicted octanol–water partition coefficient (Wildman–Crippen LogP) is 3.61. The van der Waals surface area contributed by atoms with Crippen molar-refractivity contribution in [1.29, 1.82) is 0 Å². The molecule has 0 atom stereocenters. The van der Waals surface area contributed by atoms with Crippen molar-refractivity contribution in [2.75, 3.05) is 0 Å². The van der Waals surface area contributed by atoms with E-state index in [1.807, 2.05) is 24.4 Å². The Labute approximate surface area is 122 Å². The smallest absolute Gasteiger partial charge is 0.217 e. The first-order valence-electron chi connectivity index (χ1n) is 6.47. The van der Waals surface area contributed by atoms with Gasteiger partial charge >= 0.3 is 0 Å². The third kappa shape index (κ3) is 1.91. The van der Waals surface area contributed by atoms with Crippen molar-refractivity contribution < 1.29 is 5.11 Å². The monoisotopic (exact) mass is 285 g/mol. The van der Waals surface area contributed by atoms with Gasteiger partial charge in [-0.25, -0.2) is 0 Å². The van der Waals surface area contributed by atoms with Crippen LogP contribution in [0.1, 0.15) is 23.7 Å². The van der Waals surface area contributed by atoms with E-state index in [1.54, 1.807) is 7.05 Å². The van der Waals surface area contributed by atoms with Crippen LogP contribution >= 0.6 is 12.2 Å². The van der Waals surface area contributed by atoms with Crippen molar-refractivity contribution in [2.45, 2.75) is 13.3 Å². The number of hydrogen-bond acceptors (Lipinski definition) is 3. The first kappa shape index (κ1) is 12.9. The molecule has 3 rings (SSSR count). The van der Waals surface area contributed by atoms with Crippen LogP contribution in [0.15, 0.2) is 23.2 Å². The maximum absolute atomic E-state index is 10.0. The van der Waals surface area contributed by atoms with Gasteiger partial charge in [0.1, 0.15) is 5.69 Å². The molecular formula is C15H15N3OS. The van der Waals surface area contributed by atoms with Crippen LogP contribution in [0.5, 0.6) is 5.88 Å². The van der Waals surface area contributed by atoms with Crippen LogP contribution in [0.2, 0.25) is 0 Å². The summed E-state index contributed by atoms with van der Waals surface area (Å²) in [6.07, 6.45) is 4.65. The number of H-pyrrole nitrogens is 1. The molecule has 4 nitrogen and oxygen atoms in total. The van der Waals surface area contributed by atoms with Crippen LogP contribution in [-0.2, 0) is 13.5 Å². The second kappa shape index (κ2) is 4.76. The molecule has 5 heteroatoms. The van der Waals surface area contributed by atoms with E-state index in [2.05, 4.69) is 23.0 Å². The molecule has 0 aliphatic carbocycles. The standard InChI is InChI=1S/C15H15N3OS/c1-3-9-5-4-6-11-10(8-16-13(9)11)7-12-14(19)18(2)15(20)17-12/h4-8,19H,3H2,1-2H3,(H,17,20)/b10-7-. The second-order valence-electron chi connectivity index (χ2n) is 4.75. The highest BCUT2D eigenvalue weighted by Gasteiger charge is 2.16. The number of nitrogens with one attached hydrogen (secondary N) is 1. The minimum Gasteiger partial charge on any atom is -0.493 e. The first-order valence-corrected chi connectivity index (χ1v) is 6.88. The molecule has 1 aromatic heterocycles. The number of aromatic nitrogens is 2. The van der Waals surface area contributed by atoms with Gasteiger partial charge in [-0.15, -0.1) is 0 Å². The van der Waals surface area contributed by atoms with Crippen molar-refractivity contribution in [3.05, 3.63) is 39.8 Å². The summed E-state index contributed by atoms with van der Waals surface area (Å²) in [4.78, 5) is 7.47. The lowest BCUT2D eigenvalue weighted by Gasteiger charge is -2.04. The summed E-state index contributed by atoms with van der Waals surface area (Å²) in [6.45, 7) is 2.12. The number of nitrogens with zero attached hydrogens (tertiary/aromatic N) is 2. The van der Waals surface area contributed by atoms with Crippen LogP contribution in [0.4, 0.5) is 5.69 Å². The molecule has 1 aliphatic rings. The summed E-state index contributed by atoms with van der Waals surface area (Å²) in [5.41, 5.74) is 4.92. The molecule has 2 N–H and O–H groups in total. The number of aliphatic imine (C=N–C) groups is 1. The number of fused-ring (bicyclic) bond motifs is 1. The number of hydrogen-bond donors (Lipinski definition) is 2. The Balaban J connectivity index is 2.12. The largest absolute Gasteiger partial charge is 0.493 e. The van der Waals surface area contributed by atoms with Gasteiger partial charge in [0, 0.05) is 24.4 Å². The van der Waals surface area contributed by atoms with Gasteiger partial charge in [-0.3, -0.25) is 9.56 Å². The summed E-state index contributed by atoms with van der Waals surface area (Å²) in [5, 5.41) is 10.0. The predicted molar refractivity (Wildman–Crippen MR) is 84.1 cm³/mol. The van der Waals surface area contributed by atoms with Gasteiger partial charge in [-0.2, -0.15) is 0 Å². The van der Waals surface area contributed by atoms with Gasteiger partial charge < -0.3 is 10.1 Å². The molecule has 1 aliphatic heterocycles. The maximum atomic E-state index is 10.0. The van der Waals surface area contributed by atoms with E-state index in [0.717, 1.165) is 23.2 Å². The fraction of sp³-hybridized carbons (Fsp3) is 0.200. The highest BCUT2D eigenvalue weighted by atomic mass is 32.1. The van der Waals surface area contributed by atoms with Gasteiger partial charge in [0.05, 0.1) is 5.69 Å². The fourth-order valence-electron chi connectivity index (χ4n) is 2.37. The lowest BCUT2D eigenvalue weighted by Crippen LogP contribution is -1.86. The van der Waals surface area contributed by atoms with E-state index >= 15 is 0 Å². The second-order valence-corrected chi connectivity index (χ2v) is 5.14. The van der Waals surface area contributed by atoms with E-state index in [0.29, 0.717) is 10.5 Å². The average molecular weight is 285 g/mol. The number of rotatable bonds is 2. The topological polar surface area (TPSA) is 53.3 Å². The zero-order chi connectivity index (χ0) is 14.3. The Kier molecular flexibility index (Phi) is 3.06. The third-order valence-corrected chi connectivity index (χ3v) is 3.92. The Morgan fingerprint density at radius 2 is 2.25 bits per heavy atom. The summed E-state index contributed by atoms with van der Waals surface area (Å²) >= 11 is 5.10. The molecule has 0 bridgehead atoms. The summed E-state index contributed by atoms with van der Waals surface area (Å²) in [7, 11) is 1.72. The third-order valence-electron chi connectivity index (χ3n) is 3.55. The van der Waals surface area contributed by atoms with Crippen LogP contribution in [0.3, 0.4) is 0 Å². The summed E-state index contributed by atoms with van der Waals surface area (Å²) < 4.78 is 2.03. The van der Waals surface area contributed by atoms with E-state index in [1.165, 1.54) is 10.1 Å². The lowest BCUT2D eigenvalue weighted by molar-refractivity contribution is 0.430. The van der Waals surface area contributed by atoms with Crippen molar-refractivity contribution in [2.24, 2.45) is 12.0 Å². The number of aryl methyl sites for hydroxylation is 1. The molecule has 0 unspecified atom stereocenters. The van der Waals surface area contributed by atoms with Gasteiger partial charge in [-0.1, -0.05) is 25.1 Å². The Hall–Kier alpha value is -2.14. The van der Waals surface area contributed by atoms with E-state index in [4.69, 9.17) is 12.2 Å². The summed E-state index contributed by atoms with van der Waals surface area (Å²) in [6, 6.07) is 6.17. The van der Waals surface area contributed by atoms with Crippen molar-refractivity contribution in [3.63, 3.8) is 0 Å². The van der Waals surface area contributed by atoms with Gasteiger partial charge in [0.2, 0.25) is 5.88 Å². The minimum absolute atomic E-state index is 0.135. The molecule has 0 saturated carbocycles. The van der Waals surface area contributed by atoms with Crippen LogP contribution in [-0.4, -0.2) is 20.9 Å². The van der Waals surface area contributed by atoms with Gasteiger partial charge in [0.25, 0.3) is 0 Å². The maximum Gasteiger partial charge on any atom is 0.217 e. The molecule has 2 heterocycles. The van der Waals surface area contributed by atoms with E-state index < -0.39 is 0 Å². The number of benzene rings is 1. The highest BCUT2D eigenvalue weighted by Crippen LogP contribution is 2.36. The quantitative estimate of drug-likeness (QED) is 0.828. The van der Waals surface area contributed by atoms with Crippen LogP contribution in [0.25, 0.3) is 11.6 Å². The highest BCUT2D eigenvalue weighted by molar-refractivity contribution is 7.71. The summed E-state index contributed by atoms with van der Waals surface area (Å²) in [5.74, 6) is 0.135. The van der Waals surface area contributed by atoms with E-state index in [9.17, 15) is 5.11 Å². The normalized spacial score (nSPS) is 15.0. The molecule has 0 radical (unpaired) electrons. The number of para-hydroxylation sites is 1. The fourth-order valence-corrected chi connectivity index (χ4v) is 2.57. The minimum atomic E-state index is 0.135. The van der Waals surface area contributed by atoms with Crippen molar-refractivity contribution in [1.82, 2.24) is 9.55 Å². The van der Waals surface area contributed by atoms with Gasteiger partial charge in [0.15, 0.2) is 4.77 Å². The molecule has 0 saturated heterocycles. The number of aromatic amines is 1. The van der Waals surface area contributed by atoms with Crippen molar-refractivity contribution in [3.8, 4) is 5.88 Å². The lowest BCUT2D eigenvalue weighted by atomic mass is 10.0. The molecular weight excluding hydrogens is 270 g/mol. The van der Waals surface area contributed by atoms with E-state index in [-0.39, 0.29) is 5.88 Å². The molecule has 0 amide bonds. The zero-order valence-corrected chi connectivity index (χ0v) is 12.2. The molecule has 0 spiro atoms. The number of imidazole rings is 1. The van der Waals surface area contributed by atoms with Crippen LogP contribution < -0.4 is 0 Å². The Bertz CT molecular complexity index is 796. The molecule has 2 aromatic rings. The van der Waals surface area contributed by atoms with Crippen LogP contribution in [0, 0.1) is 4.77 Å². The molecule has 0 fully saturated rings. The Morgan fingerprint density at radius 1 is 1.45 bits per heavy atom. The van der Waals surface area contributed by atoms with Crippen molar-refractivity contribution >= 4 is 35.8 Å². The number of allylic oxidation sites excluding steroid dienone is 1. The Morgan fingerprint density at radius 3 is 2.90 bits per heavy atom. The van der Waals surface area contributed by atoms with Gasteiger partial charge in [-0.05, 0) is 30.3 Å².